The fourth-order valence-corrected chi connectivity index (χ4v) is 2.58. The molecule has 0 aliphatic carbocycles. The average molecular weight is 516 g/mol. The Labute approximate surface area is 187 Å². The Morgan fingerprint density at radius 1 is 1.07 bits per heavy atom. The quantitative estimate of drug-likeness (QED) is 0.336. The van der Waals surface area contributed by atoms with Gasteiger partial charge in [-0.05, 0) is 42.7 Å². The SMILES string of the molecule is CCNC(=NCc1ccc(C(=O)N(C)C)cc1)NCCc1cccc(F)c1F.I. The van der Waals surface area contributed by atoms with Crippen LogP contribution in [0.4, 0.5) is 8.78 Å². The summed E-state index contributed by atoms with van der Waals surface area (Å²) in [5, 5.41) is 6.24. The molecule has 8 heteroatoms. The number of hydrogen-bond acceptors (Lipinski definition) is 2. The number of carbonyl (C=O) groups excluding carboxylic acids is 1. The molecule has 0 aliphatic heterocycles. The number of nitrogens with one attached hydrogen (secondary N) is 2. The van der Waals surface area contributed by atoms with Crippen LogP contribution in [0.25, 0.3) is 0 Å². The van der Waals surface area contributed by atoms with E-state index in [4.69, 9.17) is 0 Å². The van der Waals surface area contributed by atoms with Crippen molar-refractivity contribution in [3.05, 3.63) is 70.8 Å². The molecule has 0 atom stereocenters. The third-order valence-electron chi connectivity index (χ3n) is 4.09. The van der Waals surface area contributed by atoms with E-state index in [1.54, 1.807) is 32.3 Å². The highest BCUT2D eigenvalue weighted by atomic mass is 127. The van der Waals surface area contributed by atoms with Crippen LogP contribution >= 0.6 is 24.0 Å². The molecule has 5 nitrogen and oxygen atoms in total. The summed E-state index contributed by atoms with van der Waals surface area (Å²) in [6, 6.07) is 11.5. The maximum Gasteiger partial charge on any atom is 0.253 e. The van der Waals surface area contributed by atoms with Gasteiger partial charge < -0.3 is 15.5 Å². The Hall–Kier alpha value is -2.23. The predicted molar refractivity (Wildman–Crippen MR) is 123 cm³/mol. The van der Waals surface area contributed by atoms with Crippen LogP contribution < -0.4 is 10.6 Å². The zero-order chi connectivity index (χ0) is 20.5. The van der Waals surface area contributed by atoms with Crippen LogP contribution in [0.15, 0.2) is 47.5 Å². The summed E-state index contributed by atoms with van der Waals surface area (Å²) in [6.45, 7) is 3.48. The van der Waals surface area contributed by atoms with Crippen molar-refractivity contribution in [2.75, 3.05) is 27.2 Å². The number of benzene rings is 2. The van der Waals surface area contributed by atoms with Crippen LogP contribution in [0.2, 0.25) is 0 Å². The highest BCUT2D eigenvalue weighted by Crippen LogP contribution is 2.11. The van der Waals surface area contributed by atoms with E-state index in [9.17, 15) is 13.6 Å². The number of aliphatic imine (C=N–C) groups is 1. The second-order valence-corrected chi connectivity index (χ2v) is 6.48. The molecule has 0 aliphatic rings. The molecule has 158 valence electrons. The molecular formula is C21H27F2IN4O. The first-order valence-electron chi connectivity index (χ1n) is 9.18. The Morgan fingerprint density at radius 2 is 1.76 bits per heavy atom. The van der Waals surface area contributed by atoms with Crippen molar-refractivity contribution in [1.82, 2.24) is 15.5 Å². The minimum Gasteiger partial charge on any atom is -0.357 e. The fourth-order valence-electron chi connectivity index (χ4n) is 2.58. The van der Waals surface area contributed by atoms with Gasteiger partial charge in [0.2, 0.25) is 0 Å². The maximum absolute atomic E-state index is 13.7. The number of nitrogens with zero attached hydrogens (tertiary/aromatic N) is 2. The molecule has 2 rings (SSSR count). The number of guanidine groups is 1. The summed E-state index contributed by atoms with van der Waals surface area (Å²) in [5.41, 5.74) is 1.91. The van der Waals surface area contributed by atoms with E-state index in [1.807, 2.05) is 19.1 Å². The lowest BCUT2D eigenvalue weighted by Gasteiger charge is -2.12. The molecule has 29 heavy (non-hydrogen) atoms. The standard InChI is InChI=1S/C21H26F2N4O.HI/c1-4-24-21(25-13-12-16-6-5-7-18(22)19(16)23)26-14-15-8-10-17(11-9-15)20(28)27(2)3;/h5-11H,4,12-14H2,1-3H3,(H2,24,25,26);1H. The first kappa shape index (κ1) is 24.8. The van der Waals surface area contributed by atoms with Crippen LogP contribution in [-0.2, 0) is 13.0 Å². The van der Waals surface area contributed by atoms with Crippen molar-refractivity contribution in [3.8, 4) is 0 Å². The molecule has 0 aromatic heterocycles. The Bertz CT molecular complexity index is 826. The number of amides is 1. The topological polar surface area (TPSA) is 56.7 Å². The van der Waals surface area contributed by atoms with E-state index in [-0.39, 0.29) is 29.9 Å². The molecule has 1 amide bonds. The molecule has 0 heterocycles. The number of carbonyl (C=O) groups is 1. The second-order valence-electron chi connectivity index (χ2n) is 6.48. The van der Waals surface area contributed by atoms with Gasteiger partial charge in [-0.15, -0.1) is 24.0 Å². The highest BCUT2D eigenvalue weighted by molar-refractivity contribution is 14.0. The van der Waals surface area contributed by atoms with Gasteiger partial charge in [0.15, 0.2) is 17.6 Å². The molecule has 2 aromatic carbocycles. The van der Waals surface area contributed by atoms with Crippen molar-refractivity contribution in [1.29, 1.82) is 0 Å². The number of rotatable bonds is 7. The second kappa shape index (κ2) is 12.4. The molecule has 0 unspecified atom stereocenters. The number of halogens is 3. The van der Waals surface area contributed by atoms with Crippen molar-refractivity contribution < 1.29 is 13.6 Å². The lowest BCUT2D eigenvalue weighted by Crippen LogP contribution is -2.38. The molecule has 0 spiro atoms. The van der Waals surface area contributed by atoms with E-state index in [1.165, 1.54) is 11.0 Å². The molecule has 2 N–H and O–H groups in total. The molecule has 0 radical (unpaired) electrons. The summed E-state index contributed by atoms with van der Waals surface area (Å²) in [6.07, 6.45) is 0.343. The first-order valence-corrected chi connectivity index (χ1v) is 9.18. The van der Waals surface area contributed by atoms with Crippen molar-refractivity contribution >= 4 is 35.8 Å². The van der Waals surface area contributed by atoms with Gasteiger partial charge in [-0.3, -0.25) is 4.79 Å². The van der Waals surface area contributed by atoms with E-state index in [2.05, 4.69) is 15.6 Å². The molecule has 0 saturated carbocycles. The zero-order valence-electron chi connectivity index (χ0n) is 16.8. The van der Waals surface area contributed by atoms with Crippen LogP contribution in [-0.4, -0.2) is 44.0 Å². The zero-order valence-corrected chi connectivity index (χ0v) is 19.2. The maximum atomic E-state index is 13.7. The van der Waals surface area contributed by atoms with Crippen LogP contribution in [0.3, 0.4) is 0 Å². The summed E-state index contributed by atoms with van der Waals surface area (Å²) < 4.78 is 27.0. The molecular weight excluding hydrogens is 489 g/mol. The summed E-state index contributed by atoms with van der Waals surface area (Å²) in [4.78, 5) is 17.9. The van der Waals surface area contributed by atoms with Crippen molar-refractivity contribution in [2.24, 2.45) is 4.99 Å². The van der Waals surface area contributed by atoms with Gasteiger partial charge in [0.25, 0.3) is 5.91 Å². The van der Waals surface area contributed by atoms with Gasteiger partial charge >= 0.3 is 0 Å². The van der Waals surface area contributed by atoms with Gasteiger partial charge in [0.1, 0.15) is 0 Å². The van der Waals surface area contributed by atoms with Gasteiger partial charge in [0, 0.05) is 32.7 Å². The largest absolute Gasteiger partial charge is 0.357 e. The molecule has 2 aromatic rings. The van der Waals surface area contributed by atoms with Crippen LogP contribution in [0.1, 0.15) is 28.4 Å². The van der Waals surface area contributed by atoms with Crippen molar-refractivity contribution in [2.45, 2.75) is 19.9 Å². The summed E-state index contributed by atoms with van der Waals surface area (Å²) in [5.74, 6) is -1.10. The summed E-state index contributed by atoms with van der Waals surface area (Å²) >= 11 is 0. The summed E-state index contributed by atoms with van der Waals surface area (Å²) in [7, 11) is 3.43. The first-order chi connectivity index (χ1) is 13.4. The molecule has 0 saturated heterocycles. The lowest BCUT2D eigenvalue weighted by molar-refractivity contribution is 0.0827. The van der Waals surface area contributed by atoms with Gasteiger partial charge in [-0.25, -0.2) is 13.8 Å². The number of hydrogen-bond donors (Lipinski definition) is 2. The minimum absolute atomic E-state index is 0. The normalized spacial score (nSPS) is 10.9. The van der Waals surface area contributed by atoms with Gasteiger partial charge in [-0.1, -0.05) is 24.3 Å². The molecule has 0 fully saturated rings. The lowest BCUT2D eigenvalue weighted by atomic mass is 10.1. The van der Waals surface area contributed by atoms with E-state index >= 15 is 0 Å². The third kappa shape index (κ3) is 7.60. The van der Waals surface area contributed by atoms with Gasteiger partial charge in [0.05, 0.1) is 6.54 Å². The smallest absolute Gasteiger partial charge is 0.253 e. The fraction of sp³-hybridized carbons (Fsp3) is 0.333. The Morgan fingerprint density at radius 3 is 2.38 bits per heavy atom. The third-order valence-corrected chi connectivity index (χ3v) is 4.09. The monoisotopic (exact) mass is 516 g/mol. The van der Waals surface area contributed by atoms with Gasteiger partial charge in [-0.2, -0.15) is 0 Å². The van der Waals surface area contributed by atoms with Crippen LogP contribution in [0.5, 0.6) is 0 Å². The average Bonchev–Trinajstić information content (AvgIpc) is 2.69. The predicted octanol–water partition coefficient (Wildman–Crippen LogP) is 3.58. The Kier molecular flexibility index (Phi) is 10.6. The Balaban J connectivity index is 0.00000420. The highest BCUT2D eigenvalue weighted by Gasteiger charge is 2.08. The molecule has 0 bridgehead atoms. The van der Waals surface area contributed by atoms with E-state index in [0.29, 0.717) is 43.1 Å². The van der Waals surface area contributed by atoms with E-state index in [0.717, 1.165) is 11.6 Å². The van der Waals surface area contributed by atoms with E-state index < -0.39 is 11.6 Å². The van der Waals surface area contributed by atoms with Crippen molar-refractivity contribution in [3.63, 3.8) is 0 Å². The minimum atomic E-state index is -0.839. The van der Waals surface area contributed by atoms with Crippen LogP contribution in [0, 0.1) is 11.6 Å².